The zero-order chi connectivity index (χ0) is 20.4. The largest absolute Gasteiger partial charge is 0.341 e. The van der Waals surface area contributed by atoms with Gasteiger partial charge in [0.25, 0.3) is 0 Å². The lowest BCUT2D eigenvalue weighted by Gasteiger charge is -2.14. The Labute approximate surface area is 177 Å². The van der Waals surface area contributed by atoms with Gasteiger partial charge in [0.2, 0.25) is 0 Å². The van der Waals surface area contributed by atoms with Crippen molar-refractivity contribution in [2.24, 2.45) is 7.05 Å². The van der Waals surface area contributed by atoms with Crippen LogP contribution in [0.3, 0.4) is 0 Å². The number of amides is 2. The Kier molecular flexibility index (Phi) is 5.49. The number of halogens is 1. The van der Waals surface area contributed by atoms with Crippen molar-refractivity contribution in [3.05, 3.63) is 81.6 Å². The summed E-state index contributed by atoms with van der Waals surface area (Å²) in [6.45, 7) is 0. The molecule has 148 valence electrons. The van der Waals surface area contributed by atoms with E-state index < -0.39 is 11.8 Å². The minimum Gasteiger partial charge on any atom is -0.341 e. The van der Waals surface area contributed by atoms with Gasteiger partial charge in [-0.05, 0) is 41.7 Å². The Bertz CT molecular complexity index is 1060. The molecule has 2 aromatic carbocycles. The van der Waals surface area contributed by atoms with E-state index in [2.05, 4.69) is 37.7 Å². The molecule has 1 atom stereocenters. The van der Waals surface area contributed by atoms with Crippen LogP contribution >= 0.6 is 15.9 Å². The lowest BCUT2D eigenvalue weighted by molar-refractivity contribution is -0.136. The third kappa shape index (κ3) is 4.24. The van der Waals surface area contributed by atoms with Gasteiger partial charge in [-0.3, -0.25) is 14.3 Å². The molecule has 0 unspecified atom stereocenters. The monoisotopic (exact) mass is 452 g/mol. The van der Waals surface area contributed by atoms with E-state index in [0.29, 0.717) is 12.1 Å². The molecular formula is C22H21BrN4O2. The highest BCUT2D eigenvalue weighted by Gasteiger charge is 2.27. The molecule has 3 aromatic rings. The number of carbonyl (C=O) groups excluding carboxylic acids is 2. The average Bonchev–Trinajstić information content (AvgIpc) is 3.26. The third-order valence-corrected chi connectivity index (χ3v) is 5.71. The molecule has 2 N–H and O–H groups in total. The maximum absolute atomic E-state index is 12.5. The number of nitrogens with zero attached hydrogens (tertiary/aromatic N) is 2. The number of carbonyl (C=O) groups is 2. The molecule has 0 aliphatic heterocycles. The van der Waals surface area contributed by atoms with Crippen molar-refractivity contribution in [3.8, 4) is 0 Å². The minimum absolute atomic E-state index is 0.154. The van der Waals surface area contributed by atoms with E-state index in [1.165, 1.54) is 5.56 Å². The van der Waals surface area contributed by atoms with Gasteiger partial charge in [0.1, 0.15) is 0 Å². The summed E-state index contributed by atoms with van der Waals surface area (Å²) >= 11 is 3.47. The molecule has 1 aliphatic carbocycles. The van der Waals surface area contributed by atoms with Crippen LogP contribution in [0.1, 0.15) is 34.8 Å². The van der Waals surface area contributed by atoms with Crippen molar-refractivity contribution in [2.45, 2.75) is 25.3 Å². The molecule has 29 heavy (non-hydrogen) atoms. The maximum atomic E-state index is 12.5. The standard InChI is InChI=1S/C22H21BrN4O2/c1-27-20(11-14-5-3-2-4-6-14)19(13-24-27)26-22(29)21(28)25-18-10-8-15-7-9-16(23)12-17(15)18/h2-7,9,12-13,18H,8,10-11H2,1H3,(H,25,28)(H,26,29)/t18-/m0/s1. The molecule has 0 saturated carbocycles. The second kappa shape index (κ2) is 8.21. The summed E-state index contributed by atoms with van der Waals surface area (Å²) in [5.74, 6) is -1.33. The van der Waals surface area contributed by atoms with Gasteiger partial charge in [0.05, 0.1) is 23.6 Å². The van der Waals surface area contributed by atoms with Crippen LogP contribution in [0.25, 0.3) is 0 Å². The van der Waals surface area contributed by atoms with Gasteiger partial charge in [-0.1, -0.05) is 52.3 Å². The van der Waals surface area contributed by atoms with E-state index in [4.69, 9.17) is 0 Å². The normalized spacial score (nSPS) is 15.0. The quantitative estimate of drug-likeness (QED) is 0.594. The van der Waals surface area contributed by atoms with Crippen LogP contribution in [0.15, 0.2) is 59.2 Å². The van der Waals surface area contributed by atoms with E-state index in [-0.39, 0.29) is 6.04 Å². The average molecular weight is 453 g/mol. The molecule has 0 fully saturated rings. The predicted molar refractivity (Wildman–Crippen MR) is 114 cm³/mol. The third-order valence-electron chi connectivity index (χ3n) is 5.22. The maximum Gasteiger partial charge on any atom is 0.313 e. The van der Waals surface area contributed by atoms with Crippen molar-refractivity contribution >= 4 is 33.4 Å². The molecule has 0 radical (unpaired) electrons. The number of nitrogens with one attached hydrogen (secondary N) is 2. The van der Waals surface area contributed by atoms with Gasteiger partial charge in [-0.25, -0.2) is 0 Å². The number of aromatic nitrogens is 2. The Morgan fingerprint density at radius 3 is 2.76 bits per heavy atom. The molecular weight excluding hydrogens is 432 g/mol. The highest BCUT2D eigenvalue weighted by atomic mass is 79.9. The molecule has 6 nitrogen and oxygen atoms in total. The van der Waals surface area contributed by atoms with E-state index in [0.717, 1.165) is 34.1 Å². The fourth-order valence-corrected chi connectivity index (χ4v) is 4.07. The first kappa shape index (κ1) is 19.4. The topological polar surface area (TPSA) is 76.0 Å². The Morgan fingerprint density at radius 1 is 1.17 bits per heavy atom. The van der Waals surface area contributed by atoms with Gasteiger partial charge < -0.3 is 10.6 Å². The number of hydrogen-bond donors (Lipinski definition) is 2. The summed E-state index contributed by atoms with van der Waals surface area (Å²) < 4.78 is 2.67. The Morgan fingerprint density at radius 2 is 1.97 bits per heavy atom. The predicted octanol–water partition coefficient (Wildman–Crippen LogP) is 3.52. The summed E-state index contributed by atoms with van der Waals surface area (Å²) in [4.78, 5) is 25.0. The van der Waals surface area contributed by atoms with Crippen LogP contribution in [0.2, 0.25) is 0 Å². The van der Waals surface area contributed by atoms with Crippen LogP contribution < -0.4 is 10.6 Å². The van der Waals surface area contributed by atoms with Crippen molar-refractivity contribution in [1.82, 2.24) is 15.1 Å². The first-order valence-electron chi connectivity index (χ1n) is 9.46. The van der Waals surface area contributed by atoms with E-state index in [1.54, 1.807) is 10.9 Å². The zero-order valence-electron chi connectivity index (χ0n) is 16.0. The summed E-state index contributed by atoms with van der Waals surface area (Å²) in [5.41, 5.74) is 4.76. The molecule has 4 rings (SSSR count). The van der Waals surface area contributed by atoms with Crippen molar-refractivity contribution in [1.29, 1.82) is 0 Å². The lowest BCUT2D eigenvalue weighted by Crippen LogP contribution is -2.37. The second-order valence-electron chi connectivity index (χ2n) is 7.15. The lowest BCUT2D eigenvalue weighted by atomic mass is 10.1. The van der Waals surface area contributed by atoms with E-state index in [9.17, 15) is 9.59 Å². The summed E-state index contributed by atoms with van der Waals surface area (Å²) in [7, 11) is 1.82. The van der Waals surface area contributed by atoms with Crippen LogP contribution in [0.5, 0.6) is 0 Å². The molecule has 0 bridgehead atoms. The van der Waals surface area contributed by atoms with Gasteiger partial charge in [0, 0.05) is 17.9 Å². The van der Waals surface area contributed by atoms with Gasteiger partial charge in [0.15, 0.2) is 0 Å². The fourth-order valence-electron chi connectivity index (χ4n) is 3.69. The fraction of sp³-hybridized carbons (Fsp3) is 0.227. The van der Waals surface area contributed by atoms with Gasteiger partial charge in [-0.2, -0.15) is 5.10 Å². The number of anilines is 1. The first-order chi connectivity index (χ1) is 14.0. The molecule has 1 aromatic heterocycles. The smallest absolute Gasteiger partial charge is 0.313 e. The first-order valence-corrected chi connectivity index (χ1v) is 10.3. The van der Waals surface area contributed by atoms with E-state index >= 15 is 0 Å². The SMILES string of the molecule is Cn1ncc(NC(=O)C(=O)N[C@H]2CCc3ccc(Br)cc32)c1Cc1ccccc1. The molecule has 0 spiro atoms. The number of benzene rings is 2. The Hall–Kier alpha value is -2.93. The van der Waals surface area contributed by atoms with Gasteiger partial charge in [-0.15, -0.1) is 0 Å². The second-order valence-corrected chi connectivity index (χ2v) is 8.07. The molecule has 1 heterocycles. The highest BCUT2D eigenvalue weighted by molar-refractivity contribution is 9.10. The van der Waals surface area contributed by atoms with Crippen molar-refractivity contribution in [3.63, 3.8) is 0 Å². The number of aryl methyl sites for hydroxylation is 2. The summed E-state index contributed by atoms with van der Waals surface area (Å²) in [6.07, 6.45) is 3.86. The van der Waals surface area contributed by atoms with Crippen LogP contribution in [-0.4, -0.2) is 21.6 Å². The van der Waals surface area contributed by atoms with Crippen LogP contribution in [0.4, 0.5) is 5.69 Å². The molecule has 1 aliphatic rings. The minimum atomic E-state index is -0.684. The zero-order valence-corrected chi connectivity index (χ0v) is 17.6. The summed E-state index contributed by atoms with van der Waals surface area (Å²) in [5, 5.41) is 9.81. The van der Waals surface area contributed by atoms with Crippen molar-refractivity contribution in [2.75, 3.05) is 5.32 Å². The number of fused-ring (bicyclic) bond motifs is 1. The number of hydrogen-bond acceptors (Lipinski definition) is 3. The van der Waals surface area contributed by atoms with Crippen LogP contribution in [0, 0.1) is 0 Å². The molecule has 2 amide bonds. The summed E-state index contributed by atoms with van der Waals surface area (Å²) in [6, 6.07) is 15.8. The van der Waals surface area contributed by atoms with Crippen molar-refractivity contribution < 1.29 is 9.59 Å². The number of rotatable bonds is 4. The van der Waals surface area contributed by atoms with Crippen LogP contribution in [-0.2, 0) is 29.5 Å². The Balaban J connectivity index is 1.44. The highest BCUT2D eigenvalue weighted by Crippen LogP contribution is 2.33. The molecule has 0 saturated heterocycles. The van der Waals surface area contributed by atoms with Gasteiger partial charge >= 0.3 is 11.8 Å². The molecule has 7 heteroatoms. The van der Waals surface area contributed by atoms with E-state index in [1.807, 2.05) is 49.5 Å².